The molecule has 25 heavy (non-hydrogen) atoms. The standard InChI is InChI=1S/C19H41N5O/c20-11-5-1-2-8-15-24-17-16-19(17,22)18(25)10-4-9-14-23-13-7-3-6-12-21/h17,23-24H,1-16,20-22H2. The minimum absolute atomic E-state index is 0.190. The lowest BCUT2D eigenvalue weighted by Crippen LogP contribution is -2.41. The highest BCUT2D eigenvalue weighted by Gasteiger charge is 2.55. The van der Waals surface area contributed by atoms with E-state index in [4.69, 9.17) is 17.2 Å². The summed E-state index contributed by atoms with van der Waals surface area (Å²) < 4.78 is 0. The van der Waals surface area contributed by atoms with Gasteiger partial charge in [0.25, 0.3) is 0 Å². The van der Waals surface area contributed by atoms with Crippen molar-refractivity contribution < 1.29 is 4.79 Å². The van der Waals surface area contributed by atoms with Crippen LogP contribution in [-0.2, 0) is 4.79 Å². The number of unbranched alkanes of at least 4 members (excludes halogenated alkanes) is 6. The Hall–Kier alpha value is -0.530. The Morgan fingerprint density at radius 2 is 1.40 bits per heavy atom. The molecule has 1 rings (SSSR count). The lowest BCUT2D eigenvalue weighted by Gasteiger charge is -2.12. The van der Waals surface area contributed by atoms with Crippen molar-refractivity contribution in [3.8, 4) is 0 Å². The highest BCUT2D eigenvalue weighted by atomic mass is 16.1. The average molecular weight is 356 g/mol. The maximum Gasteiger partial charge on any atom is 0.154 e. The predicted octanol–water partition coefficient (Wildman–Crippen LogP) is 1.02. The first kappa shape index (κ1) is 22.5. The Morgan fingerprint density at radius 1 is 0.840 bits per heavy atom. The van der Waals surface area contributed by atoms with Crippen LogP contribution in [0.4, 0.5) is 0 Å². The Kier molecular flexibility index (Phi) is 12.3. The first-order valence-electron chi connectivity index (χ1n) is 10.3. The molecule has 6 nitrogen and oxygen atoms in total. The van der Waals surface area contributed by atoms with Crippen molar-refractivity contribution in [1.82, 2.24) is 10.6 Å². The molecule has 148 valence electrons. The third-order valence-corrected chi connectivity index (χ3v) is 5.11. The van der Waals surface area contributed by atoms with Gasteiger partial charge in [-0.1, -0.05) is 19.3 Å². The lowest BCUT2D eigenvalue weighted by molar-refractivity contribution is -0.121. The molecule has 0 aromatic rings. The summed E-state index contributed by atoms with van der Waals surface area (Å²) in [6.07, 6.45) is 11.5. The quantitative estimate of drug-likeness (QED) is 0.234. The van der Waals surface area contributed by atoms with E-state index in [-0.39, 0.29) is 11.8 Å². The first-order valence-corrected chi connectivity index (χ1v) is 10.3. The number of nitrogens with two attached hydrogens (primary N) is 3. The van der Waals surface area contributed by atoms with Crippen LogP contribution in [0.3, 0.4) is 0 Å². The first-order chi connectivity index (χ1) is 12.1. The molecule has 1 aliphatic rings. The van der Waals surface area contributed by atoms with E-state index in [1.165, 1.54) is 25.7 Å². The fourth-order valence-corrected chi connectivity index (χ4v) is 3.20. The third-order valence-electron chi connectivity index (χ3n) is 5.11. The van der Waals surface area contributed by atoms with Gasteiger partial charge >= 0.3 is 0 Å². The number of nitrogens with one attached hydrogen (secondary N) is 2. The van der Waals surface area contributed by atoms with E-state index in [9.17, 15) is 4.79 Å². The van der Waals surface area contributed by atoms with E-state index in [0.717, 1.165) is 71.2 Å². The van der Waals surface area contributed by atoms with Crippen LogP contribution in [0, 0.1) is 0 Å². The molecule has 0 aliphatic heterocycles. The molecule has 8 N–H and O–H groups in total. The van der Waals surface area contributed by atoms with Crippen molar-refractivity contribution in [3.63, 3.8) is 0 Å². The molecule has 0 radical (unpaired) electrons. The summed E-state index contributed by atoms with van der Waals surface area (Å²) >= 11 is 0. The van der Waals surface area contributed by atoms with Crippen molar-refractivity contribution in [2.24, 2.45) is 17.2 Å². The second-order valence-corrected chi connectivity index (χ2v) is 7.43. The largest absolute Gasteiger partial charge is 0.330 e. The smallest absolute Gasteiger partial charge is 0.154 e. The molecule has 1 aliphatic carbocycles. The summed E-state index contributed by atoms with van der Waals surface area (Å²) in [6.45, 7) is 4.55. The molecule has 2 atom stereocenters. The molecule has 0 aromatic heterocycles. The summed E-state index contributed by atoms with van der Waals surface area (Å²) in [5, 5.41) is 6.87. The number of Topliss-reactive ketones (excluding diaryl/α,β-unsaturated/α-hetero) is 1. The molecule has 0 heterocycles. The van der Waals surface area contributed by atoms with Crippen LogP contribution < -0.4 is 27.8 Å². The minimum Gasteiger partial charge on any atom is -0.330 e. The van der Waals surface area contributed by atoms with Gasteiger partial charge < -0.3 is 27.8 Å². The van der Waals surface area contributed by atoms with E-state index in [2.05, 4.69) is 10.6 Å². The van der Waals surface area contributed by atoms with Crippen LogP contribution in [0.5, 0.6) is 0 Å². The second kappa shape index (κ2) is 13.6. The van der Waals surface area contributed by atoms with E-state index in [1.807, 2.05) is 0 Å². The van der Waals surface area contributed by atoms with Crippen LogP contribution in [0.2, 0.25) is 0 Å². The lowest BCUT2D eigenvalue weighted by atomic mass is 10.0. The molecular weight excluding hydrogens is 314 g/mol. The fourth-order valence-electron chi connectivity index (χ4n) is 3.20. The number of hydrogen-bond donors (Lipinski definition) is 5. The van der Waals surface area contributed by atoms with Crippen molar-refractivity contribution in [1.29, 1.82) is 0 Å². The summed E-state index contributed by atoms with van der Waals surface area (Å²) in [6, 6.07) is 0.190. The number of rotatable bonds is 18. The van der Waals surface area contributed by atoms with Gasteiger partial charge in [0.2, 0.25) is 0 Å². The Balaban J connectivity index is 1.95. The van der Waals surface area contributed by atoms with Crippen LogP contribution in [0.1, 0.15) is 70.6 Å². The summed E-state index contributed by atoms with van der Waals surface area (Å²) in [5.74, 6) is 0.232. The van der Waals surface area contributed by atoms with E-state index < -0.39 is 5.54 Å². The van der Waals surface area contributed by atoms with Crippen molar-refractivity contribution in [2.75, 3.05) is 32.7 Å². The normalized spacial score (nSPS) is 22.3. The van der Waals surface area contributed by atoms with Gasteiger partial charge in [-0.3, -0.25) is 4.79 Å². The molecule has 0 aromatic carbocycles. The molecule has 0 bridgehead atoms. The van der Waals surface area contributed by atoms with Crippen LogP contribution in [0.25, 0.3) is 0 Å². The molecule has 0 saturated heterocycles. The van der Waals surface area contributed by atoms with Gasteiger partial charge in [0.05, 0.1) is 5.54 Å². The van der Waals surface area contributed by atoms with E-state index in [0.29, 0.717) is 6.42 Å². The van der Waals surface area contributed by atoms with Crippen LogP contribution in [0.15, 0.2) is 0 Å². The topological polar surface area (TPSA) is 119 Å². The Labute approximate surface area is 154 Å². The van der Waals surface area contributed by atoms with Gasteiger partial charge in [0, 0.05) is 12.5 Å². The second-order valence-electron chi connectivity index (χ2n) is 7.43. The van der Waals surface area contributed by atoms with Gasteiger partial charge in [-0.05, 0) is 77.7 Å². The fraction of sp³-hybridized carbons (Fsp3) is 0.947. The molecule has 0 amide bonds. The van der Waals surface area contributed by atoms with Crippen LogP contribution >= 0.6 is 0 Å². The molecule has 0 spiro atoms. The summed E-state index contributed by atoms with van der Waals surface area (Å²) in [5.41, 5.74) is 16.6. The van der Waals surface area contributed by atoms with Gasteiger partial charge in [-0.25, -0.2) is 0 Å². The van der Waals surface area contributed by atoms with Crippen LogP contribution in [-0.4, -0.2) is 50.1 Å². The SMILES string of the molecule is NCCCCCCNC1CC1(N)C(=O)CCCCNCCCCCN. The summed E-state index contributed by atoms with van der Waals surface area (Å²) in [4.78, 5) is 12.3. The van der Waals surface area contributed by atoms with Crippen molar-refractivity contribution >= 4 is 5.78 Å². The number of hydrogen-bond acceptors (Lipinski definition) is 6. The summed E-state index contributed by atoms with van der Waals surface area (Å²) in [7, 11) is 0. The molecule has 1 saturated carbocycles. The predicted molar refractivity (Wildman–Crippen MR) is 105 cm³/mol. The van der Waals surface area contributed by atoms with E-state index >= 15 is 0 Å². The van der Waals surface area contributed by atoms with E-state index in [1.54, 1.807) is 0 Å². The maximum atomic E-state index is 12.3. The van der Waals surface area contributed by atoms with Gasteiger partial charge in [-0.15, -0.1) is 0 Å². The number of ketones is 1. The molecular formula is C19H41N5O. The zero-order chi connectivity index (χ0) is 18.4. The van der Waals surface area contributed by atoms with Gasteiger partial charge in [0.1, 0.15) is 0 Å². The average Bonchev–Trinajstić information content (AvgIpc) is 3.28. The van der Waals surface area contributed by atoms with Crippen molar-refractivity contribution in [3.05, 3.63) is 0 Å². The third kappa shape index (κ3) is 9.66. The van der Waals surface area contributed by atoms with Crippen molar-refractivity contribution in [2.45, 2.75) is 82.2 Å². The Morgan fingerprint density at radius 3 is 2.08 bits per heavy atom. The molecule has 6 heteroatoms. The molecule has 1 fully saturated rings. The highest BCUT2D eigenvalue weighted by molar-refractivity contribution is 5.92. The van der Waals surface area contributed by atoms with Gasteiger partial charge in [0.15, 0.2) is 5.78 Å². The molecule has 2 unspecified atom stereocenters. The maximum absolute atomic E-state index is 12.3. The van der Waals surface area contributed by atoms with Gasteiger partial charge in [-0.2, -0.15) is 0 Å². The number of carbonyl (C=O) groups excluding carboxylic acids is 1. The monoisotopic (exact) mass is 355 g/mol. The number of carbonyl (C=O) groups is 1. The Bertz CT molecular complexity index is 353. The zero-order valence-corrected chi connectivity index (χ0v) is 16.0. The highest BCUT2D eigenvalue weighted by Crippen LogP contribution is 2.35. The minimum atomic E-state index is -0.590. The zero-order valence-electron chi connectivity index (χ0n) is 16.0.